The second-order valence-electron chi connectivity index (χ2n) is 6.14. The van der Waals surface area contributed by atoms with Crippen molar-refractivity contribution in [1.29, 1.82) is 0 Å². The largest absolute Gasteiger partial charge is 0.387 e. The van der Waals surface area contributed by atoms with Crippen LogP contribution in [0.2, 0.25) is 10.0 Å². The van der Waals surface area contributed by atoms with Crippen LogP contribution in [0.5, 0.6) is 0 Å². The molecular weight excluding hydrogens is 363 g/mol. The molecule has 3 aromatic rings. The van der Waals surface area contributed by atoms with Gasteiger partial charge in [-0.05, 0) is 11.6 Å². The smallest absolute Gasteiger partial charge is 0.248 e. The Morgan fingerprint density at radius 3 is 2.92 bits per heavy atom. The fourth-order valence-electron chi connectivity index (χ4n) is 3.65. The normalized spacial score (nSPS) is 14.2. The maximum Gasteiger partial charge on any atom is 0.248 e. The minimum atomic E-state index is -0.485. The number of amides is 1. The third kappa shape index (κ3) is 2.44. The van der Waals surface area contributed by atoms with Gasteiger partial charge in [-0.3, -0.25) is 9.89 Å². The van der Waals surface area contributed by atoms with Crippen LogP contribution in [0.3, 0.4) is 0 Å². The van der Waals surface area contributed by atoms with Crippen LogP contribution in [0.4, 0.5) is 0 Å². The molecule has 8 heteroatoms. The number of fused-ring (bicyclic) bond motifs is 3. The lowest BCUT2D eigenvalue weighted by Crippen LogP contribution is -2.37. The Kier molecular flexibility index (Phi) is 3.98. The summed E-state index contributed by atoms with van der Waals surface area (Å²) in [5.41, 5.74) is 4.86. The number of nitrogens with one attached hydrogen (secondary N) is 1. The van der Waals surface area contributed by atoms with Crippen molar-refractivity contribution in [2.24, 2.45) is 7.05 Å². The summed E-state index contributed by atoms with van der Waals surface area (Å²) in [7, 11) is 1.96. The molecule has 0 radical (unpaired) electrons. The molecule has 0 aliphatic carbocycles. The zero-order chi connectivity index (χ0) is 17.7. The molecule has 0 bridgehead atoms. The molecule has 1 aromatic carbocycles. The Morgan fingerprint density at radius 1 is 1.44 bits per heavy atom. The summed E-state index contributed by atoms with van der Waals surface area (Å²) in [4.78, 5) is 13.6. The molecule has 0 fully saturated rings. The van der Waals surface area contributed by atoms with Gasteiger partial charge in [0, 0.05) is 55.0 Å². The molecule has 25 heavy (non-hydrogen) atoms. The quantitative estimate of drug-likeness (QED) is 0.719. The number of rotatable bonds is 2. The number of nitrogens with zero attached hydrogens (tertiary/aromatic N) is 3. The van der Waals surface area contributed by atoms with Gasteiger partial charge in [-0.15, -0.1) is 0 Å². The molecule has 2 aromatic heterocycles. The van der Waals surface area contributed by atoms with Gasteiger partial charge in [0.1, 0.15) is 6.61 Å². The lowest BCUT2D eigenvalue weighted by atomic mass is 9.98. The first-order chi connectivity index (χ1) is 12.0. The highest BCUT2D eigenvalue weighted by Gasteiger charge is 2.28. The van der Waals surface area contributed by atoms with Crippen LogP contribution in [-0.2, 0) is 24.8 Å². The van der Waals surface area contributed by atoms with E-state index in [1.54, 1.807) is 17.3 Å². The van der Waals surface area contributed by atoms with Gasteiger partial charge in [0.25, 0.3) is 0 Å². The molecule has 0 saturated heterocycles. The number of hydrogen-bond donors (Lipinski definition) is 2. The number of hydrogen-bond acceptors (Lipinski definition) is 3. The predicted octanol–water partition coefficient (Wildman–Crippen LogP) is 2.75. The Labute approximate surface area is 153 Å². The van der Waals surface area contributed by atoms with E-state index in [9.17, 15) is 9.90 Å². The van der Waals surface area contributed by atoms with E-state index in [0.29, 0.717) is 29.6 Å². The molecule has 0 saturated carbocycles. The van der Waals surface area contributed by atoms with Crippen molar-refractivity contribution in [3.05, 3.63) is 39.8 Å². The van der Waals surface area contributed by atoms with Gasteiger partial charge >= 0.3 is 0 Å². The van der Waals surface area contributed by atoms with Gasteiger partial charge in [0.05, 0.1) is 21.8 Å². The summed E-state index contributed by atoms with van der Waals surface area (Å²) in [6.07, 6.45) is 4.24. The molecule has 0 atom stereocenters. The van der Waals surface area contributed by atoms with Crippen LogP contribution in [0.15, 0.2) is 18.5 Å². The maximum atomic E-state index is 12.0. The van der Waals surface area contributed by atoms with Crippen LogP contribution < -0.4 is 0 Å². The van der Waals surface area contributed by atoms with Crippen LogP contribution in [0.1, 0.15) is 11.3 Å². The van der Waals surface area contributed by atoms with Gasteiger partial charge in [-0.2, -0.15) is 5.10 Å². The summed E-state index contributed by atoms with van der Waals surface area (Å²) in [6, 6.07) is 1.84. The molecule has 6 nitrogen and oxygen atoms in total. The van der Waals surface area contributed by atoms with Crippen molar-refractivity contribution in [2.45, 2.75) is 13.0 Å². The van der Waals surface area contributed by atoms with Crippen molar-refractivity contribution >= 4 is 40.0 Å². The van der Waals surface area contributed by atoms with Crippen LogP contribution in [-0.4, -0.2) is 43.8 Å². The monoisotopic (exact) mass is 378 g/mol. The van der Waals surface area contributed by atoms with E-state index in [1.807, 2.05) is 13.1 Å². The molecule has 1 aliphatic rings. The first-order valence-corrected chi connectivity index (χ1v) is 8.64. The molecule has 0 unspecified atom stereocenters. The van der Waals surface area contributed by atoms with E-state index in [0.717, 1.165) is 33.3 Å². The zero-order valence-corrected chi connectivity index (χ0v) is 15.0. The number of carbonyl (C=O) groups is 1. The Bertz CT molecular complexity index is 979. The molecule has 0 spiro atoms. The summed E-state index contributed by atoms with van der Waals surface area (Å²) >= 11 is 12.9. The maximum absolute atomic E-state index is 12.0. The zero-order valence-electron chi connectivity index (χ0n) is 13.5. The number of benzene rings is 1. The number of aliphatic hydroxyl groups is 1. The third-order valence-electron chi connectivity index (χ3n) is 4.85. The topological polar surface area (TPSA) is 74.2 Å². The Morgan fingerprint density at radius 2 is 2.24 bits per heavy atom. The second-order valence-corrected chi connectivity index (χ2v) is 6.92. The van der Waals surface area contributed by atoms with Gasteiger partial charge in [-0.25, -0.2) is 0 Å². The van der Waals surface area contributed by atoms with E-state index >= 15 is 0 Å². The molecular formula is C17H16Cl2N4O2. The van der Waals surface area contributed by atoms with Crippen molar-refractivity contribution in [1.82, 2.24) is 19.7 Å². The van der Waals surface area contributed by atoms with Crippen molar-refractivity contribution in [2.75, 3.05) is 13.2 Å². The van der Waals surface area contributed by atoms with E-state index in [2.05, 4.69) is 14.8 Å². The summed E-state index contributed by atoms with van der Waals surface area (Å²) in [6.45, 7) is 0.527. The van der Waals surface area contributed by atoms with E-state index < -0.39 is 6.61 Å². The third-order valence-corrected chi connectivity index (χ3v) is 5.63. The number of aromatic nitrogens is 3. The van der Waals surface area contributed by atoms with Crippen molar-refractivity contribution in [3.8, 4) is 11.1 Å². The summed E-state index contributed by atoms with van der Waals surface area (Å²) in [5, 5.41) is 18.0. The molecule has 130 valence electrons. The SMILES string of the molecule is Cn1c2c(c3c(-c4cn[nH]c4)cc(Cl)c(Cl)c31)CN(C(=O)CO)CC2. The van der Waals surface area contributed by atoms with Gasteiger partial charge < -0.3 is 14.6 Å². The van der Waals surface area contributed by atoms with Crippen LogP contribution >= 0.6 is 23.2 Å². The van der Waals surface area contributed by atoms with E-state index in [1.165, 1.54) is 0 Å². The van der Waals surface area contributed by atoms with Gasteiger partial charge in [0.15, 0.2) is 0 Å². The lowest BCUT2D eigenvalue weighted by molar-refractivity contribution is -0.135. The number of aryl methyl sites for hydroxylation is 1. The molecule has 1 amide bonds. The average molecular weight is 379 g/mol. The number of aliphatic hydroxyl groups excluding tert-OH is 1. The highest BCUT2D eigenvalue weighted by molar-refractivity contribution is 6.45. The average Bonchev–Trinajstić information content (AvgIpc) is 3.24. The van der Waals surface area contributed by atoms with Crippen LogP contribution in [0, 0.1) is 0 Å². The lowest BCUT2D eigenvalue weighted by Gasteiger charge is -2.27. The first kappa shape index (κ1) is 16.4. The number of H-pyrrole nitrogens is 1. The molecule has 1 aliphatic heterocycles. The van der Waals surface area contributed by atoms with Crippen molar-refractivity contribution in [3.63, 3.8) is 0 Å². The second kappa shape index (κ2) is 6.05. The highest BCUT2D eigenvalue weighted by atomic mass is 35.5. The molecule has 2 N–H and O–H groups in total. The minimum Gasteiger partial charge on any atom is -0.387 e. The Balaban J connectivity index is 2.02. The standard InChI is InChI=1S/C17H16Cl2N4O2/c1-22-13-2-3-23(14(25)8-24)7-11(13)15-10(9-5-20-21-6-9)4-12(18)16(19)17(15)22/h4-6,24H,2-3,7-8H2,1H3,(H,20,21). The van der Waals surface area contributed by atoms with E-state index in [-0.39, 0.29) is 5.91 Å². The fourth-order valence-corrected chi connectivity index (χ4v) is 4.13. The fraction of sp³-hybridized carbons (Fsp3) is 0.294. The van der Waals surface area contributed by atoms with Crippen LogP contribution in [0.25, 0.3) is 22.0 Å². The molecule has 3 heterocycles. The first-order valence-electron chi connectivity index (χ1n) is 7.88. The molecule has 4 rings (SSSR count). The number of carbonyl (C=O) groups excluding carboxylic acids is 1. The number of aromatic amines is 1. The minimum absolute atomic E-state index is 0.271. The summed E-state index contributed by atoms with van der Waals surface area (Å²) in [5.74, 6) is -0.271. The Hall–Kier alpha value is -2.02. The van der Waals surface area contributed by atoms with Crippen molar-refractivity contribution < 1.29 is 9.90 Å². The van der Waals surface area contributed by atoms with E-state index in [4.69, 9.17) is 23.2 Å². The predicted molar refractivity (Wildman–Crippen MR) is 96.7 cm³/mol. The van der Waals surface area contributed by atoms with Gasteiger partial charge in [0.2, 0.25) is 5.91 Å². The summed E-state index contributed by atoms with van der Waals surface area (Å²) < 4.78 is 2.06. The number of halogens is 2. The van der Waals surface area contributed by atoms with Gasteiger partial charge in [-0.1, -0.05) is 23.2 Å². The highest BCUT2D eigenvalue weighted by Crippen LogP contribution is 2.43.